The molecule has 4 nitrogen and oxygen atoms in total. The van der Waals surface area contributed by atoms with Gasteiger partial charge in [0.25, 0.3) is 0 Å². The van der Waals surface area contributed by atoms with Crippen LogP contribution in [0.3, 0.4) is 0 Å². The zero-order chi connectivity index (χ0) is 14.1. The molecular weight excluding hydrogens is 257 g/mol. The Labute approximate surface area is 117 Å². The van der Waals surface area contributed by atoms with Crippen molar-refractivity contribution < 1.29 is 9.50 Å². The van der Waals surface area contributed by atoms with E-state index in [-0.39, 0.29) is 18.5 Å². The molecule has 0 spiro atoms. The highest BCUT2D eigenvalue weighted by Crippen LogP contribution is 2.23. The van der Waals surface area contributed by atoms with Crippen LogP contribution in [0.1, 0.15) is 25.6 Å². The molecule has 0 saturated carbocycles. The number of likely N-dealkylation sites (tertiary alicyclic amines) is 1. The van der Waals surface area contributed by atoms with Crippen molar-refractivity contribution in [1.29, 1.82) is 0 Å². The largest absolute Gasteiger partial charge is 0.395 e. The van der Waals surface area contributed by atoms with E-state index in [1.807, 2.05) is 13.0 Å². The number of halogens is 1. The van der Waals surface area contributed by atoms with Crippen molar-refractivity contribution in [1.82, 2.24) is 14.5 Å². The monoisotopic (exact) mass is 277 g/mol. The van der Waals surface area contributed by atoms with Crippen molar-refractivity contribution in [2.24, 2.45) is 0 Å². The Hall–Kier alpha value is -1.46. The summed E-state index contributed by atoms with van der Waals surface area (Å²) in [7, 11) is 0. The number of fused-ring (bicyclic) bond motifs is 1. The lowest BCUT2D eigenvalue weighted by Gasteiger charge is -2.22. The maximum absolute atomic E-state index is 13.8. The standard InChI is InChI=1S/C15H20FN3O/c1-2-19-13-7-3-6-12(16)15(13)17-14(19)9-18-8-4-5-11(18)10-20/h3,6-7,11,20H,2,4-5,8-10H2,1H3/t11-/m1/s1. The first kappa shape index (κ1) is 13.5. The molecule has 0 aliphatic carbocycles. The van der Waals surface area contributed by atoms with Gasteiger partial charge in [0.05, 0.1) is 18.7 Å². The highest BCUT2D eigenvalue weighted by atomic mass is 19.1. The number of imidazole rings is 1. The summed E-state index contributed by atoms with van der Waals surface area (Å²) < 4.78 is 15.9. The molecular formula is C15H20FN3O. The van der Waals surface area contributed by atoms with E-state index < -0.39 is 0 Å². The molecule has 20 heavy (non-hydrogen) atoms. The molecule has 1 saturated heterocycles. The molecule has 1 aromatic heterocycles. The molecule has 1 N–H and O–H groups in total. The lowest BCUT2D eigenvalue weighted by atomic mass is 10.2. The van der Waals surface area contributed by atoms with Crippen molar-refractivity contribution in [3.05, 3.63) is 29.8 Å². The third-order valence-corrected chi connectivity index (χ3v) is 4.18. The number of para-hydroxylation sites is 1. The van der Waals surface area contributed by atoms with Crippen LogP contribution in [0.25, 0.3) is 11.0 Å². The van der Waals surface area contributed by atoms with Gasteiger partial charge in [-0.1, -0.05) is 6.07 Å². The van der Waals surface area contributed by atoms with Gasteiger partial charge in [0.15, 0.2) is 5.82 Å². The van der Waals surface area contributed by atoms with Crippen LogP contribution >= 0.6 is 0 Å². The van der Waals surface area contributed by atoms with E-state index in [1.54, 1.807) is 6.07 Å². The molecule has 2 heterocycles. The second-order valence-corrected chi connectivity index (χ2v) is 5.33. The van der Waals surface area contributed by atoms with E-state index >= 15 is 0 Å². The van der Waals surface area contributed by atoms with E-state index in [2.05, 4.69) is 14.5 Å². The van der Waals surface area contributed by atoms with Crippen molar-refractivity contribution in [3.8, 4) is 0 Å². The minimum absolute atomic E-state index is 0.181. The van der Waals surface area contributed by atoms with E-state index in [4.69, 9.17) is 0 Å². The summed E-state index contributed by atoms with van der Waals surface area (Å²) in [5.74, 6) is 0.615. The molecule has 1 aliphatic heterocycles. The van der Waals surface area contributed by atoms with Gasteiger partial charge < -0.3 is 9.67 Å². The zero-order valence-electron chi connectivity index (χ0n) is 11.7. The molecule has 5 heteroatoms. The fourth-order valence-corrected chi connectivity index (χ4v) is 3.13. The molecule has 1 fully saturated rings. The predicted octanol–water partition coefficient (Wildman–Crippen LogP) is 2.15. The minimum Gasteiger partial charge on any atom is -0.395 e. The van der Waals surface area contributed by atoms with Crippen LogP contribution in [0.5, 0.6) is 0 Å². The number of aliphatic hydroxyl groups is 1. The number of benzene rings is 1. The summed E-state index contributed by atoms with van der Waals surface area (Å²) in [5, 5.41) is 9.40. The maximum Gasteiger partial charge on any atom is 0.151 e. The molecule has 1 aliphatic rings. The van der Waals surface area contributed by atoms with Crippen molar-refractivity contribution in [2.45, 2.75) is 38.9 Å². The molecule has 0 radical (unpaired) electrons. The van der Waals surface area contributed by atoms with Gasteiger partial charge in [0, 0.05) is 12.6 Å². The Morgan fingerprint density at radius 1 is 1.45 bits per heavy atom. The summed E-state index contributed by atoms with van der Waals surface area (Å²) in [4.78, 5) is 6.72. The number of nitrogens with zero attached hydrogens (tertiary/aromatic N) is 3. The molecule has 0 amide bonds. The summed E-state index contributed by atoms with van der Waals surface area (Å²) >= 11 is 0. The van der Waals surface area contributed by atoms with Crippen LogP contribution in [0.2, 0.25) is 0 Å². The lowest BCUT2D eigenvalue weighted by Crippen LogP contribution is -2.32. The Morgan fingerprint density at radius 3 is 3.05 bits per heavy atom. The van der Waals surface area contributed by atoms with Crippen LogP contribution in [0.4, 0.5) is 4.39 Å². The second-order valence-electron chi connectivity index (χ2n) is 5.33. The molecule has 0 bridgehead atoms. The lowest BCUT2D eigenvalue weighted by molar-refractivity contribution is 0.150. The number of rotatable bonds is 4. The molecule has 1 atom stereocenters. The SMILES string of the molecule is CCn1c(CN2CCC[C@@H]2CO)nc2c(F)cccc21. The number of aliphatic hydroxyl groups excluding tert-OH is 1. The molecule has 0 unspecified atom stereocenters. The fraction of sp³-hybridized carbons (Fsp3) is 0.533. The van der Waals surface area contributed by atoms with Crippen molar-refractivity contribution in [3.63, 3.8) is 0 Å². The van der Waals surface area contributed by atoms with E-state index in [0.717, 1.165) is 37.3 Å². The summed E-state index contributed by atoms with van der Waals surface area (Å²) in [5.41, 5.74) is 1.30. The van der Waals surface area contributed by atoms with Gasteiger partial charge in [0.1, 0.15) is 11.3 Å². The quantitative estimate of drug-likeness (QED) is 0.931. The van der Waals surface area contributed by atoms with Crippen LogP contribution in [-0.2, 0) is 13.1 Å². The average Bonchev–Trinajstić information content (AvgIpc) is 3.03. The molecule has 2 aromatic rings. The van der Waals surface area contributed by atoms with Crippen LogP contribution in [0.15, 0.2) is 18.2 Å². The van der Waals surface area contributed by atoms with Crippen LogP contribution < -0.4 is 0 Å². The van der Waals surface area contributed by atoms with Gasteiger partial charge >= 0.3 is 0 Å². The van der Waals surface area contributed by atoms with Gasteiger partial charge in [-0.15, -0.1) is 0 Å². The summed E-state index contributed by atoms with van der Waals surface area (Å²) in [6.07, 6.45) is 2.13. The normalized spacial score (nSPS) is 20.1. The van der Waals surface area contributed by atoms with Gasteiger partial charge in [0.2, 0.25) is 0 Å². The van der Waals surface area contributed by atoms with Crippen molar-refractivity contribution in [2.75, 3.05) is 13.2 Å². The first-order valence-corrected chi connectivity index (χ1v) is 7.23. The second kappa shape index (κ2) is 5.50. The topological polar surface area (TPSA) is 41.3 Å². The fourth-order valence-electron chi connectivity index (χ4n) is 3.13. The third-order valence-electron chi connectivity index (χ3n) is 4.18. The Kier molecular flexibility index (Phi) is 3.72. The van der Waals surface area contributed by atoms with E-state index in [1.165, 1.54) is 6.07 Å². The average molecular weight is 277 g/mol. The summed E-state index contributed by atoms with van der Waals surface area (Å²) in [6.45, 7) is 4.64. The van der Waals surface area contributed by atoms with E-state index in [9.17, 15) is 9.50 Å². The number of aryl methyl sites for hydroxylation is 1. The maximum atomic E-state index is 13.8. The molecule has 108 valence electrons. The number of hydrogen-bond donors (Lipinski definition) is 1. The summed E-state index contributed by atoms with van der Waals surface area (Å²) in [6, 6.07) is 5.30. The number of aromatic nitrogens is 2. The third kappa shape index (κ3) is 2.21. The van der Waals surface area contributed by atoms with Crippen LogP contribution in [-0.4, -0.2) is 38.8 Å². The van der Waals surface area contributed by atoms with Crippen LogP contribution in [0, 0.1) is 5.82 Å². The first-order valence-electron chi connectivity index (χ1n) is 7.23. The van der Waals surface area contributed by atoms with Gasteiger partial charge in [-0.25, -0.2) is 9.37 Å². The highest BCUT2D eigenvalue weighted by molar-refractivity contribution is 5.76. The zero-order valence-corrected chi connectivity index (χ0v) is 11.7. The molecule has 1 aromatic carbocycles. The highest BCUT2D eigenvalue weighted by Gasteiger charge is 2.25. The smallest absolute Gasteiger partial charge is 0.151 e. The Balaban J connectivity index is 1.97. The molecule has 3 rings (SSSR count). The predicted molar refractivity (Wildman–Crippen MR) is 75.9 cm³/mol. The minimum atomic E-state index is -0.268. The van der Waals surface area contributed by atoms with Gasteiger partial charge in [-0.3, -0.25) is 4.90 Å². The first-order chi connectivity index (χ1) is 9.74. The van der Waals surface area contributed by atoms with Gasteiger partial charge in [-0.05, 0) is 38.4 Å². The van der Waals surface area contributed by atoms with Gasteiger partial charge in [-0.2, -0.15) is 0 Å². The Morgan fingerprint density at radius 2 is 2.30 bits per heavy atom. The Bertz CT molecular complexity index is 610. The number of hydrogen-bond acceptors (Lipinski definition) is 3. The van der Waals surface area contributed by atoms with Crippen molar-refractivity contribution >= 4 is 11.0 Å². The van der Waals surface area contributed by atoms with E-state index in [0.29, 0.717) is 12.1 Å².